The number of nitrogens with zero attached hydrogens (tertiary/aromatic N) is 1. The Balaban J connectivity index is 2.13. The fraction of sp³-hybridized carbons (Fsp3) is 0.833. The van der Waals surface area contributed by atoms with Crippen LogP contribution in [0.5, 0.6) is 0 Å². The van der Waals surface area contributed by atoms with Crippen LogP contribution in [0.4, 0.5) is 0 Å². The number of amides is 2. The van der Waals surface area contributed by atoms with E-state index in [1.54, 1.807) is 18.7 Å². The predicted octanol–water partition coefficient (Wildman–Crippen LogP) is 0.291. The van der Waals surface area contributed by atoms with Gasteiger partial charge in [-0.05, 0) is 33.6 Å². The number of carbonyl (C=O) groups is 2. The molecule has 2 saturated heterocycles. The summed E-state index contributed by atoms with van der Waals surface area (Å²) in [5, 5.41) is 2.71. The maximum atomic E-state index is 12.2. The van der Waals surface area contributed by atoms with E-state index < -0.39 is 5.54 Å². The van der Waals surface area contributed by atoms with Gasteiger partial charge in [0.15, 0.2) is 0 Å². The van der Waals surface area contributed by atoms with E-state index in [0.717, 1.165) is 19.4 Å². The molecule has 5 heteroatoms. The van der Waals surface area contributed by atoms with Crippen molar-refractivity contribution in [3.05, 3.63) is 0 Å². The van der Waals surface area contributed by atoms with Crippen molar-refractivity contribution in [2.45, 2.75) is 51.3 Å². The van der Waals surface area contributed by atoms with Gasteiger partial charge in [0, 0.05) is 6.61 Å². The molecule has 17 heavy (non-hydrogen) atoms. The molecule has 0 spiro atoms. The Hall–Kier alpha value is -1.10. The van der Waals surface area contributed by atoms with Crippen LogP contribution in [0.25, 0.3) is 0 Å². The first-order valence-corrected chi connectivity index (χ1v) is 6.15. The first kappa shape index (κ1) is 12.4. The number of ether oxygens (including phenoxy) is 1. The maximum Gasteiger partial charge on any atom is 0.248 e. The SMILES string of the molecule is CC(C1CCCO1)N1CC(=O)NC(C)(C)C1=O. The van der Waals surface area contributed by atoms with Gasteiger partial charge in [0.1, 0.15) is 12.1 Å². The van der Waals surface area contributed by atoms with Crippen LogP contribution in [0.15, 0.2) is 0 Å². The first-order valence-electron chi connectivity index (χ1n) is 6.15. The van der Waals surface area contributed by atoms with Crippen molar-refractivity contribution in [1.29, 1.82) is 0 Å². The lowest BCUT2D eigenvalue weighted by Gasteiger charge is -2.41. The van der Waals surface area contributed by atoms with Crippen molar-refractivity contribution in [2.75, 3.05) is 13.2 Å². The zero-order valence-corrected chi connectivity index (χ0v) is 10.7. The summed E-state index contributed by atoms with van der Waals surface area (Å²) in [4.78, 5) is 25.5. The van der Waals surface area contributed by atoms with Gasteiger partial charge in [-0.25, -0.2) is 0 Å². The zero-order chi connectivity index (χ0) is 12.6. The second-order valence-corrected chi connectivity index (χ2v) is 5.40. The highest BCUT2D eigenvalue weighted by Crippen LogP contribution is 2.23. The molecule has 0 aromatic rings. The number of hydrogen-bond donors (Lipinski definition) is 1. The summed E-state index contributed by atoms with van der Waals surface area (Å²) in [5.41, 5.74) is -0.803. The van der Waals surface area contributed by atoms with Crippen molar-refractivity contribution >= 4 is 11.8 Å². The van der Waals surface area contributed by atoms with Crippen LogP contribution < -0.4 is 5.32 Å². The summed E-state index contributed by atoms with van der Waals surface area (Å²) in [5.74, 6) is -0.125. The fourth-order valence-electron chi connectivity index (χ4n) is 2.54. The minimum absolute atomic E-state index is 0.0277. The third-order valence-electron chi connectivity index (χ3n) is 3.56. The van der Waals surface area contributed by atoms with Crippen molar-refractivity contribution in [3.63, 3.8) is 0 Å². The second kappa shape index (κ2) is 4.29. The smallest absolute Gasteiger partial charge is 0.248 e. The van der Waals surface area contributed by atoms with E-state index in [1.165, 1.54) is 0 Å². The van der Waals surface area contributed by atoms with E-state index in [1.807, 2.05) is 6.92 Å². The van der Waals surface area contributed by atoms with Crippen molar-refractivity contribution in [3.8, 4) is 0 Å². The maximum absolute atomic E-state index is 12.2. The lowest BCUT2D eigenvalue weighted by molar-refractivity contribution is -0.153. The van der Waals surface area contributed by atoms with Crippen LogP contribution >= 0.6 is 0 Å². The summed E-state index contributed by atoms with van der Waals surface area (Å²) >= 11 is 0. The summed E-state index contributed by atoms with van der Waals surface area (Å²) in [6, 6.07) is -0.0321. The lowest BCUT2D eigenvalue weighted by Crippen LogP contribution is -2.66. The van der Waals surface area contributed by atoms with E-state index in [-0.39, 0.29) is 30.5 Å². The van der Waals surface area contributed by atoms with Crippen molar-refractivity contribution in [2.24, 2.45) is 0 Å². The fourth-order valence-corrected chi connectivity index (χ4v) is 2.54. The third-order valence-corrected chi connectivity index (χ3v) is 3.56. The Morgan fingerprint density at radius 1 is 1.47 bits per heavy atom. The van der Waals surface area contributed by atoms with Crippen LogP contribution in [-0.4, -0.2) is 47.6 Å². The van der Waals surface area contributed by atoms with Crippen LogP contribution in [0.2, 0.25) is 0 Å². The number of nitrogens with one attached hydrogen (secondary N) is 1. The van der Waals surface area contributed by atoms with E-state index in [2.05, 4.69) is 5.32 Å². The monoisotopic (exact) mass is 240 g/mol. The molecule has 2 rings (SSSR count). The molecule has 0 aromatic heterocycles. The van der Waals surface area contributed by atoms with E-state index in [4.69, 9.17) is 4.74 Å². The molecule has 5 nitrogen and oxygen atoms in total. The summed E-state index contributed by atoms with van der Waals surface area (Å²) < 4.78 is 5.59. The average molecular weight is 240 g/mol. The summed E-state index contributed by atoms with van der Waals surface area (Å²) in [6.45, 7) is 6.34. The molecule has 2 amide bonds. The Morgan fingerprint density at radius 2 is 2.18 bits per heavy atom. The average Bonchev–Trinajstić information content (AvgIpc) is 2.75. The van der Waals surface area contributed by atoms with E-state index >= 15 is 0 Å². The zero-order valence-electron chi connectivity index (χ0n) is 10.7. The molecule has 0 saturated carbocycles. The number of hydrogen-bond acceptors (Lipinski definition) is 3. The highest BCUT2D eigenvalue weighted by molar-refractivity contribution is 5.97. The molecule has 2 aliphatic heterocycles. The molecule has 2 aliphatic rings. The van der Waals surface area contributed by atoms with Gasteiger partial charge in [0.2, 0.25) is 11.8 Å². The highest BCUT2D eigenvalue weighted by Gasteiger charge is 2.43. The molecule has 2 atom stereocenters. The quantitative estimate of drug-likeness (QED) is 0.755. The number of piperazine rings is 1. The van der Waals surface area contributed by atoms with E-state index in [0.29, 0.717) is 0 Å². The van der Waals surface area contributed by atoms with Gasteiger partial charge >= 0.3 is 0 Å². The van der Waals surface area contributed by atoms with Crippen LogP contribution in [0, 0.1) is 0 Å². The Bertz CT molecular complexity index is 335. The minimum atomic E-state index is -0.803. The standard InChI is InChI=1S/C12H20N2O3/c1-8(9-5-4-6-17-9)14-7-10(15)13-12(2,3)11(14)16/h8-9H,4-7H2,1-3H3,(H,13,15). The molecule has 2 fully saturated rings. The van der Waals surface area contributed by atoms with Crippen molar-refractivity contribution in [1.82, 2.24) is 10.2 Å². The van der Waals surface area contributed by atoms with E-state index in [9.17, 15) is 9.59 Å². The second-order valence-electron chi connectivity index (χ2n) is 5.40. The molecule has 1 N–H and O–H groups in total. The van der Waals surface area contributed by atoms with Crippen LogP contribution in [0.1, 0.15) is 33.6 Å². The molecule has 96 valence electrons. The minimum Gasteiger partial charge on any atom is -0.376 e. The molecule has 2 heterocycles. The molecule has 0 aromatic carbocycles. The molecule has 0 bridgehead atoms. The number of rotatable bonds is 2. The lowest BCUT2D eigenvalue weighted by atomic mass is 9.97. The van der Waals surface area contributed by atoms with Gasteiger partial charge in [-0.15, -0.1) is 0 Å². The molecule has 2 unspecified atom stereocenters. The van der Waals surface area contributed by atoms with Gasteiger partial charge in [-0.3, -0.25) is 9.59 Å². The molecular formula is C12H20N2O3. The van der Waals surface area contributed by atoms with Gasteiger partial charge in [-0.2, -0.15) is 0 Å². The van der Waals surface area contributed by atoms with Crippen molar-refractivity contribution < 1.29 is 14.3 Å². The highest BCUT2D eigenvalue weighted by atomic mass is 16.5. The first-order chi connectivity index (χ1) is 7.92. The van der Waals surface area contributed by atoms with Gasteiger partial charge in [-0.1, -0.05) is 0 Å². The Labute approximate surface area is 101 Å². The van der Waals surface area contributed by atoms with Gasteiger partial charge in [0.25, 0.3) is 0 Å². The summed E-state index contributed by atoms with van der Waals surface area (Å²) in [7, 11) is 0. The Kier molecular flexibility index (Phi) is 3.12. The van der Waals surface area contributed by atoms with Gasteiger partial charge < -0.3 is 15.0 Å². The Morgan fingerprint density at radius 3 is 2.76 bits per heavy atom. The summed E-state index contributed by atoms with van der Waals surface area (Å²) in [6.07, 6.45) is 2.07. The van der Waals surface area contributed by atoms with Crippen LogP contribution in [0.3, 0.4) is 0 Å². The predicted molar refractivity (Wildman–Crippen MR) is 62.4 cm³/mol. The molecular weight excluding hydrogens is 220 g/mol. The molecule has 0 radical (unpaired) electrons. The topological polar surface area (TPSA) is 58.6 Å². The molecule has 0 aliphatic carbocycles. The third kappa shape index (κ3) is 2.29. The van der Waals surface area contributed by atoms with Crippen LogP contribution in [-0.2, 0) is 14.3 Å². The van der Waals surface area contributed by atoms with Gasteiger partial charge in [0.05, 0.1) is 12.1 Å². The largest absolute Gasteiger partial charge is 0.376 e. The number of carbonyl (C=O) groups excluding carboxylic acids is 2. The normalized spacial score (nSPS) is 30.3.